The SMILES string of the molecule is CC(CNS(=O)(=O)c1ccccc1C#CCN)S(C)=O. The van der Waals surface area contributed by atoms with Crippen LogP contribution in [0.4, 0.5) is 0 Å². The van der Waals surface area contributed by atoms with Crippen LogP contribution in [0.25, 0.3) is 0 Å². The largest absolute Gasteiger partial charge is 0.320 e. The number of benzene rings is 1. The van der Waals surface area contributed by atoms with Gasteiger partial charge >= 0.3 is 0 Å². The summed E-state index contributed by atoms with van der Waals surface area (Å²) in [6, 6.07) is 6.45. The van der Waals surface area contributed by atoms with Gasteiger partial charge in [0.1, 0.15) is 0 Å². The first-order valence-corrected chi connectivity index (χ1v) is 9.08. The van der Waals surface area contributed by atoms with E-state index >= 15 is 0 Å². The zero-order chi connectivity index (χ0) is 15.2. The fraction of sp³-hybridized carbons (Fsp3) is 0.385. The summed E-state index contributed by atoms with van der Waals surface area (Å²) in [5, 5.41) is -0.257. The second kappa shape index (κ2) is 7.55. The summed E-state index contributed by atoms with van der Waals surface area (Å²) in [6.07, 6.45) is 1.54. The van der Waals surface area contributed by atoms with Crippen LogP contribution in [0.15, 0.2) is 29.2 Å². The van der Waals surface area contributed by atoms with Crippen LogP contribution >= 0.6 is 0 Å². The molecular formula is C13H18N2O3S2. The van der Waals surface area contributed by atoms with E-state index in [0.29, 0.717) is 5.56 Å². The number of sulfonamides is 1. The average Bonchev–Trinajstić information content (AvgIpc) is 2.42. The van der Waals surface area contributed by atoms with Gasteiger partial charge in [0.05, 0.1) is 11.4 Å². The van der Waals surface area contributed by atoms with Crippen molar-refractivity contribution < 1.29 is 12.6 Å². The van der Waals surface area contributed by atoms with Crippen molar-refractivity contribution in [1.82, 2.24) is 4.72 Å². The van der Waals surface area contributed by atoms with E-state index in [1.807, 2.05) is 0 Å². The summed E-state index contributed by atoms with van der Waals surface area (Å²) < 4.78 is 38.2. The minimum absolute atomic E-state index is 0.107. The van der Waals surface area contributed by atoms with Gasteiger partial charge in [-0.1, -0.05) is 24.0 Å². The van der Waals surface area contributed by atoms with Gasteiger partial charge in [-0.2, -0.15) is 0 Å². The Morgan fingerprint density at radius 1 is 1.40 bits per heavy atom. The Bertz CT molecular complexity index is 645. The fourth-order valence-electron chi connectivity index (χ4n) is 1.37. The predicted molar refractivity (Wildman–Crippen MR) is 81.1 cm³/mol. The normalized spacial score (nSPS) is 14.2. The van der Waals surface area contributed by atoms with Gasteiger partial charge in [0.15, 0.2) is 0 Å². The highest BCUT2D eigenvalue weighted by atomic mass is 32.2. The summed E-state index contributed by atoms with van der Waals surface area (Å²) >= 11 is 0. The van der Waals surface area contributed by atoms with Crippen molar-refractivity contribution >= 4 is 20.8 Å². The minimum atomic E-state index is -3.68. The molecule has 110 valence electrons. The average molecular weight is 314 g/mol. The zero-order valence-corrected chi connectivity index (χ0v) is 13.1. The van der Waals surface area contributed by atoms with Gasteiger partial charge in [0.25, 0.3) is 0 Å². The highest BCUT2D eigenvalue weighted by Crippen LogP contribution is 2.14. The third-order valence-corrected chi connectivity index (χ3v) is 5.41. The molecule has 1 rings (SSSR count). The van der Waals surface area contributed by atoms with E-state index in [1.165, 1.54) is 6.07 Å². The second-order valence-corrected chi connectivity index (χ2v) is 7.70. The van der Waals surface area contributed by atoms with E-state index in [1.54, 1.807) is 31.4 Å². The van der Waals surface area contributed by atoms with Crippen molar-refractivity contribution in [3.63, 3.8) is 0 Å². The van der Waals surface area contributed by atoms with E-state index in [2.05, 4.69) is 16.6 Å². The maximum atomic E-state index is 12.2. The molecule has 0 spiro atoms. The summed E-state index contributed by atoms with van der Waals surface area (Å²) in [7, 11) is -4.76. The summed E-state index contributed by atoms with van der Waals surface area (Å²) in [5.41, 5.74) is 5.69. The molecule has 2 atom stereocenters. The quantitative estimate of drug-likeness (QED) is 0.751. The molecule has 0 amide bonds. The monoisotopic (exact) mass is 314 g/mol. The summed E-state index contributed by atoms with van der Waals surface area (Å²) in [4.78, 5) is 0.107. The lowest BCUT2D eigenvalue weighted by atomic mass is 10.2. The molecule has 1 aromatic rings. The molecule has 0 aromatic heterocycles. The lowest BCUT2D eigenvalue weighted by Crippen LogP contribution is -2.33. The van der Waals surface area contributed by atoms with Gasteiger partial charge in [-0.05, 0) is 19.1 Å². The molecule has 5 nitrogen and oxygen atoms in total. The summed E-state index contributed by atoms with van der Waals surface area (Å²) in [5.74, 6) is 5.37. The third-order valence-electron chi connectivity index (χ3n) is 2.63. The van der Waals surface area contributed by atoms with E-state index in [-0.39, 0.29) is 23.2 Å². The van der Waals surface area contributed by atoms with Crippen LogP contribution in [-0.2, 0) is 20.8 Å². The number of hydrogen-bond acceptors (Lipinski definition) is 4. The Labute approximate surface area is 122 Å². The predicted octanol–water partition coefficient (Wildman–Crippen LogP) is 0.0421. The minimum Gasteiger partial charge on any atom is -0.320 e. The Morgan fingerprint density at radius 2 is 2.05 bits per heavy atom. The maximum Gasteiger partial charge on any atom is 0.241 e. The summed E-state index contributed by atoms with van der Waals surface area (Å²) in [6.45, 7) is 2.00. The van der Waals surface area contributed by atoms with Crippen LogP contribution in [0.1, 0.15) is 12.5 Å². The van der Waals surface area contributed by atoms with Gasteiger partial charge in [-0.25, -0.2) is 13.1 Å². The van der Waals surface area contributed by atoms with Crippen LogP contribution in [-0.4, -0.2) is 37.2 Å². The van der Waals surface area contributed by atoms with E-state index in [9.17, 15) is 12.6 Å². The molecule has 0 saturated heterocycles. The second-order valence-electron chi connectivity index (χ2n) is 4.16. The van der Waals surface area contributed by atoms with Crippen LogP contribution < -0.4 is 10.5 Å². The maximum absolute atomic E-state index is 12.2. The number of nitrogens with two attached hydrogens (primary N) is 1. The van der Waals surface area contributed by atoms with E-state index < -0.39 is 20.8 Å². The van der Waals surface area contributed by atoms with Gasteiger partial charge in [-0.15, -0.1) is 0 Å². The number of rotatable bonds is 5. The molecule has 20 heavy (non-hydrogen) atoms. The van der Waals surface area contributed by atoms with Gasteiger partial charge in [0, 0.05) is 34.4 Å². The van der Waals surface area contributed by atoms with E-state index in [4.69, 9.17) is 5.73 Å². The zero-order valence-electron chi connectivity index (χ0n) is 11.4. The third kappa shape index (κ3) is 4.72. The van der Waals surface area contributed by atoms with Crippen molar-refractivity contribution in [2.24, 2.45) is 5.73 Å². The van der Waals surface area contributed by atoms with Crippen LogP contribution in [0.2, 0.25) is 0 Å². The molecule has 0 bridgehead atoms. The standard InChI is InChI=1S/C13H18N2O3S2/c1-11(19(2)16)10-15-20(17,18)13-8-4-3-6-12(13)7-5-9-14/h3-4,6,8,11,15H,9-10,14H2,1-2H3. The first-order valence-electron chi connectivity index (χ1n) is 5.98. The molecule has 0 aliphatic rings. The molecular weight excluding hydrogens is 296 g/mol. The fourth-order valence-corrected chi connectivity index (χ4v) is 3.09. The Kier molecular flexibility index (Phi) is 6.36. The van der Waals surface area contributed by atoms with E-state index in [0.717, 1.165) is 0 Å². The molecule has 0 saturated carbocycles. The first kappa shape index (κ1) is 16.9. The smallest absolute Gasteiger partial charge is 0.241 e. The van der Waals surface area contributed by atoms with Crippen LogP contribution in [0.5, 0.6) is 0 Å². The number of hydrogen-bond donors (Lipinski definition) is 2. The van der Waals surface area contributed by atoms with Crippen LogP contribution in [0.3, 0.4) is 0 Å². The molecule has 1 aromatic carbocycles. The molecule has 0 aliphatic heterocycles. The van der Waals surface area contributed by atoms with Crippen molar-refractivity contribution in [2.45, 2.75) is 17.1 Å². The lowest BCUT2D eigenvalue weighted by Gasteiger charge is -2.11. The molecule has 0 heterocycles. The molecule has 0 fully saturated rings. The topological polar surface area (TPSA) is 89.3 Å². The lowest BCUT2D eigenvalue weighted by molar-refractivity contribution is 0.580. The molecule has 0 aliphatic carbocycles. The Balaban J connectivity index is 3.01. The highest BCUT2D eigenvalue weighted by molar-refractivity contribution is 7.89. The Hall–Kier alpha value is -1.20. The highest BCUT2D eigenvalue weighted by Gasteiger charge is 2.18. The first-order chi connectivity index (χ1) is 9.38. The molecule has 0 radical (unpaired) electrons. The molecule has 3 N–H and O–H groups in total. The number of nitrogens with one attached hydrogen (secondary N) is 1. The van der Waals surface area contributed by atoms with Gasteiger partial charge in [0.2, 0.25) is 10.0 Å². The molecule has 7 heteroatoms. The Morgan fingerprint density at radius 3 is 2.65 bits per heavy atom. The van der Waals surface area contributed by atoms with Crippen LogP contribution in [0, 0.1) is 11.8 Å². The molecule has 2 unspecified atom stereocenters. The van der Waals surface area contributed by atoms with Gasteiger partial charge in [-0.3, -0.25) is 4.21 Å². The van der Waals surface area contributed by atoms with Crippen molar-refractivity contribution in [1.29, 1.82) is 0 Å². The van der Waals surface area contributed by atoms with Crippen molar-refractivity contribution in [3.8, 4) is 11.8 Å². The van der Waals surface area contributed by atoms with Crippen molar-refractivity contribution in [3.05, 3.63) is 29.8 Å². The van der Waals surface area contributed by atoms with Crippen molar-refractivity contribution in [2.75, 3.05) is 19.3 Å². The van der Waals surface area contributed by atoms with Gasteiger partial charge < -0.3 is 5.73 Å².